The Morgan fingerprint density at radius 3 is 2.81 bits per heavy atom. The molecule has 0 radical (unpaired) electrons. The van der Waals surface area contributed by atoms with Crippen molar-refractivity contribution in [1.29, 1.82) is 0 Å². The van der Waals surface area contributed by atoms with E-state index in [1.54, 1.807) is 23.4 Å². The molecule has 2 aromatic heterocycles. The molecule has 3 heterocycles. The average Bonchev–Trinajstić information content (AvgIpc) is 3.38. The van der Waals surface area contributed by atoms with Crippen LogP contribution in [0.4, 0.5) is 14.9 Å². The summed E-state index contributed by atoms with van der Waals surface area (Å²) >= 11 is 0. The SMILES string of the molecule is Cn1nc(-c2nncn2Cc2ccccc2)c2c1CCN(C(=O)Nc1cccc(F)c1)C2. The molecule has 1 aliphatic heterocycles. The number of nitrogens with zero attached hydrogens (tertiary/aromatic N) is 6. The average molecular weight is 431 g/mol. The molecule has 0 aliphatic carbocycles. The van der Waals surface area contributed by atoms with E-state index in [4.69, 9.17) is 5.10 Å². The first-order valence-electron chi connectivity index (χ1n) is 10.4. The van der Waals surface area contributed by atoms with Gasteiger partial charge < -0.3 is 14.8 Å². The molecule has 0 saturated carbocycles. The molecule has 0 unspecified atom stereocenters. The van der Waals surface area contributed by atoms with Crippen molar-refractivity contribution < 1.29 is 9.18 Å². The summed E-state index contributed by atoms with van der Waals surface area (Å²) in [6, 6.07) is 15.7. The number of carbonyl (C=O) groups excluding carboxylic acids is 1. The summed E-state index contributed by atoms with van der Waals surface area (Å²) in [5.74, 6) is 0.272. The van der Waals surface area contributed by atoms with Crippen LogP contribution >= 0.6 is 0 Å². The van der Waals surface area contributed by atoms with Crippen LogP contribution in [0.5, 0.6) is 0 Å². The van der Waals surface area contributed by atoms with Gasteiger partial charge >= 0.3 is 6.03 Å². The number of rotatable bonds is 4. The molecule has 0 spiro atoms. The summed E-state index contributed by atoms with van der Waals surface area (Å²) in [6.45, 7) is 1.56. The number of nitrogens with one attached hydrogen (secondary N) is 1. The lowest BCUT2D eigenvalue weighted by Gasteiger charge is -2.27. The second-order valence-electron chi connectivity index (χ2n) is 7.78. The van der Waals surface area contributed by atoms with Crippen molar-refractivity contribution in [3.05, 3.63) is 83.6 Å². The van der Waals surface area contributed by atoms with Crippen molar-refractivity contribution in [1.82, 2.24) is 29.4 Å². The summed E-state index contributed by atoms with van der Waals surface area (Å²) < 4.78 is 17.3. The molecule has 0 atom stereocenters. The zero-order valence-corrected chi connectivity index (χ0v) is 17.6. The fraction of sp³-hybridized carbons (Fsp3) is 0.217. The Balaban J connectivity index is 1.41. The van der Waals surface area contributed by atoms with Crippen LogP contribution in [0.2, 0.25) is 0 Å². The Labute approximate surface area is 184 Å². The van der Waals surface area contributed by atoms with Gasteiger partial charge in [0.05, 0.1) is 13.1 Å². The predicted octanol–water partition coefficient (Wildman–Crippen LogP) is 3.46. The highest BCUT2D eigenvalue weighted by Crippen LogP contribution is 2.29. The van der Waals surface area contributed by atoms with E-state index in [1.807, 2.05) is 34.5 Å². The molecule has 8 nitrogen and oxygen atoms in total. The third-order valence-electron chi connectivity index (χ3n) is 5.63. The Kier molecular flexibility index (Phi) is 5.14. The number of urea groups is 1. The summed E-state index contributed by atoms with van der Waals surface area (Å²) in [4.78, 5) is 14.5. The highest BCUT2D eigenvalue weighted by molar-refractivity contribution is 5.89. The van der Waals surface area contributed by atoms with Crippen molar-refractivity contribution in [2.24, 2.45) is 7.05 Å². The van der Waals surface area contributed by atoms with Crippen LogP contribution in [0.1, 0.15) is 16.8 Å². The van der Waals surface area contributed by atoms with Gasteiger partial charge in [-0.3, -0.25) is 4.68 Å². The molecule has 5 rings (SSSR count). The van der Waals surface area contributed by atoms with Crippen LogP contribution in [-0.4, -0.2) is 42.0 Å². The summed E-state index contributed by atoms with van der Waals surface area (Å²) in [5.41, 5.74) is 4.31. The molecular weight excluding hydrogens is 409 g/mol. The van der Waals surface area contributed by atoms with E-state index in [0.717, 1.165) is 22.5 Å². The number of carbonyl (C=O) groups is 1. The number of benzene rings is 2. The van der Waals surface area contributed by atoms with Gasteiger partial charge in [0.15, 0.2) is 5.82 Å². The Morgan fingerprint density at radius 2 is 2.00 bits per heavy atom. The molecule has 1 N–H and O–H groups in total. The van der Waals surface area contributed by atoms with Gasteiger partial charge in [-0.15, -0.1) is 10.2 Å². The van der Waals surface area contributed by atoms with Crippen molar-refractivity contribution in [3.63, 3.8) is 0 Å². The number of fused-ring (bicyclic) bond motifs is 1. The minimum absolute atomic E-state index is 0.276. The zero-order chi connectivity index (χ0) is 22.1. The quantitative estimate of drug-likeness (QED) is 0.537. The van der Waals surface area contributed by atoms with E-state index in [9.17, 15) is 9.18 Å². The maximum Gasteiger partial charge on any atom is 0.322 e. The highest BCUT2D eigenvalue weighted by atomic mass is 19.1. The van der Waals surface area contributed by atoms with Gasteiger partial charge in [0.2, 0.25) is 0 Å². The van der Waals surface area contributed by atoms with Crippen LogP contribution in [0, 0.1) is 5.82 Å². The monoisotopic (exact) mass is 431 g/mol. The fourth-order valence-electron chi connectivity index (χ4n) is 4.05. The van der Waals surface area contributed by atoms with Crippen LogP contribution < -0.4 is 5.32 Å². The lowest BCUT2D eigenvalue weighted by molar-refractivity contribution is 0.206. The number of halogens is 1. The van der Waals surface area contributed by atoms with E-state index < -0.39 is 5.82 Å². The summed E-state index contributed by atoms with van der Waals surface area (Å²) in [5, 5.41) is 15.9. The number of aromatic nitrogens is 5. The number of anilines is 1. The molecule has 162 valence electrons. The van der Waals surface area contributed by atoms with Crippen molar-refractivity contribution in [3.8, 4) is 11.5 Å². The van der Waals surface area contributed by atoms with Crippen molar-refractivity contribution >= 4 is 11.7 Å². The molecular formula is C23H22FN7O. The molecule has 9 heteroatoms. The number of aryl methyl sites for hydroxylation is 1. The molecule has 1 aliphatic rings. The Morgan fingerprint density at radius 1 is 1.16 bits per heavy atom. The van der Waals surface area contributed by atoms with Crippen LogP contribution in [0.25, 0.3) is 11.5 Å². The first-order chi connectivity index (χ1) is 15.6. The Hall–Kier alpha value is -4.01. The van der Waals surface area contributed by atoms with Crippen molar-refractivity contribution in [2.75, 3.05) is 11.9 Å². The van der Waals surface area contributed by atoms with Gasteiger partial charge in [0.1, 0.15) is 17.8 Å². The standard InChI is InChI=1S/C23H22FN7O/c1-29-20-10-11-30(23(32)26-18-9-5-8-17(24)12-18)14-19(20)21(28-29)22-27-25-15-31(22)13-16-6-3-2-4-7-16/h2-9,12,15H,10-11,13-14H2,1H3,(H,26,32). The first kappa shape index (κ1) is 19.9. The van der Waals surface area contributed by atoms with Crippen LogP contribution in [0.15, 0.2) is 60.9 Å². The minimum Gasteiger partial charge on any atom is -0.320 e. The van der Waals surface area contributed by atoms with Gasteiger partial charge in [-0.05, 0) is 23.8 Å². The Bertz CT molecular complexity index is 1260. The van der Waals surface area contributed by atoms with E-state index in [1.165, 1.54) is 12.1 Å². The molecule has 32 heavy (non-hydrogen) atoms. The summed E-state index contributed by atoms with van der Waals surface area (Å²) in [7, 11) is 1.91. The van der Waals surface area contributed by atoms with E-state index in [0.29, 0.717) is 37.6 Å². The van der Waals surface area contributed by atoms with Gasteiger partial charge in [-0.25, -0.2) is 9.18 Å². The third kappa shape index (κ3) is 3.84. The molecule has 0 fully saturated rings. The zero-order valence-electron chi connectivity index (χ0n) is 17.6. The van der Waals surface area contributed by atoms with Crippen LogP contribution in [0.3, 0.4) is 0 Å². The number of hydrogen-bond donors (Lipinski definition) is 1. The van der Waals surface area contributed by atoms with Gasteiger partial charge in [0.25, 0.3) is 0 Å². The first-order valence-corrected chi connectivity index (χ1v) is 10.4. The highest BCUT2D eigenvalue weighted by Gasteiger charge is 2.29. The summed E-state index contributed by atoms with van der Waals surface area (Å²) in [6.07, 6.45) is 2.36. The van der Waals surface area contributed by atoms with E-state index in [-0.39, 0.29) is 6.03 Å². The van der Waals surface area contributed by atoms with Gasteiger partial charge in [-0.1, -0.05) is 36.4 Å². The predicted molar refractivity (Wildman–Crippen MR) is 117 cm³/mol. The van der Waals surface area contributed by atoms with Gasteiger partial charge in [0, 0.05) is 37.0 Å². The van der Waals surface area contributed by atoms with Crippen molar-refractivity contribution in [2.45, 2.75) is 19.5 Å². The molecule has 0 bridgehead atoms. The largest absolute Gasteiger partial charge is 0.322 e. The third-order valence-corrected chi connectivity index (χ3v) is 5.63. The lowest BCUT2D eigenvalue weighted by Crippen LogP contribution is -2.39. The van der Waals surface area contributed by atoms with Gasteiger partial charge in [-0.2, -0.15) is 5.10 Å². The molecule has 2 amide bonds. The minimum atomic E-state index is -0.393. The van der Waals surface area contributed by atoms with E-state index >= 15 is 0 Å². The number of amides is 2. The maximum absolute atomic E-state index is 13.5. The topological polar surface area (TPSA) is 80.9 Å². The second-order valence-corrected chi connectivity index (χ2v) is 7.78. The fourth-order valence-corrected chi connectivity index (χ4v) is 4.05. The van der Waals surface area contributed by atoms with E-state index in [2.05, 4.69) is 27.6 Å². The molecule has 2 aromatic carbocycles. The smallest absolute Gasteiger partial charge is 0.320 e. The maximum atomic E-state index is 13.5. The number of hydrogen-bond acceptors (Lipinski definition) is 4. The molecule has 4 aromatic rings. The lowest BCUT2D eigenvalue weighted by atomic mass is 10.0. The second kappa shape index (κ2) is 8.26. The molecule has 0 saturated heterocycles. The normalized spacial score (nSPS) is 13.1. The van der Waals surface area contributed by atoms with Crippen LogP contribution in [-0.2, 0) is 26.6 Å².